The van der Waals surface area contributed by atoms with E-state index in [4.69, 9.17) is 0 Å². The molecule has 0 saturated heterocycles. The Balaban J connectivity index is 1.75. The van der Waals surface area contributed by atoms with Crippen LogP contribution in [0.2, 0.25) is 0 Å². The van der Waals surface area contributed by atoms with E-state index in [1.807, 2.05) is 24.3 Å². The summed E-state index contributed by atoms with van der Waals surface area (Å²) in [6.07, 6.45) is 1.75. The molecule has 0 saturated carbocycles. The van der Waals surface area contributed by atoms with E-state index >= 15 is 0 Å². The van der Waals surface area contributed by atoms with Gasteiger partial charge in [0.15, 0.2) is 0 Å². The SMILES string of the molecule is CS(=O)(=O)Nc1ccccc1NC(=O)C1Cc2ccccc2S1. The van der Waals surface area contributed by atoms with Gasteiger partial charge in [-0.1, -0.05) is 30.3 Å². The van der Waals surface area contributed by atoms with Crippen molar-refractivity contribution >= 4 is 39.1 Å². The van der Waals surface area contributed by atoms with E-state index in [0.29, 0.717) is 17.8 Å². The Labute approximate surface area is 139 Å². The number of thioether (sulfide) groups is 1. The number of nitrogens with one attached hydrogen (secondary N) is 2. The number of hydrogen-bond acceptors (Lipinski definition) is 4. The van der Waals surface area contributed by atoms with Gasteiger partial charge in [-0.05, 0) is 30.2 Å². The number of carbonyl (C=O) groups excluding carboxylic acids is 1. The number of rotatable bonds is 4. The fourth-order valence-corrected chi connectivity index (χ4v) is 4.20. The minimum atomic E-state index is -3.40. The summed E-state index contributed by atoms with van der Waals surface area (Å²) in [6.45, 7) is 0. The van der Waals surface area contributed by atoms with Gasteiger partial charge in [-0.3, -0.25) is 9.52 Å². The van der Waals surface area contributed by atoms with Crippen LogP contribution in [0, 0.1) is 0 Å². The maximum Gasteiger partial charge on any atom is 0.238 e. The summed E-state index contributed by atoms with van der Waals surface area (Å²) in [6, 6.07) is 14.7. The van der Waals surface area contributed by atoms with Crippen molar-refractivity contribution in [2.45, 2.75) is 16.6 Å². The standard InChI is InChI=1S/C16H16N2O3S2/c1-23(20,21)18-13-8-4-3-7-12(13)17-16(19)15-10-11-6-2-5-9-14(11)22-15/h2-9,15,18H,10H2,1H3,(H,17,19). The monoisotopic (exact) mass is 348 g/mol. The Bertz CT molecular complexity index is 825. The molecule has 0 aromatic heterocycles. The van der Waals surface area contributed by atoms with E-state index in [9.17, 15) is 13.2 Å². The van der Waals surface area contributed by atoms with Crippen molar-refractivity contribution < 1.29 is 13.2 Å². The first-order valence-corrected chi connectivity index (χ1v) is 9.82. The van der Waals surface area contributed by atoms with Crippen LogP contribution in [0.5, 0.6) is 0 Å². The van der Waals surface area contributed by atoms with Gasteiger partial charge in [0, 0.05) is 4.90 Å². The molecule has 5 nitrogen and oxygen atoms in total. The second-order valence-electron chi connectivity index (χ2n) is 5.33. The van der Waals surface area contributed by atoms with Crippen molar-refractivity contribution in [2.24, 2.45) is 0 Å². The summed E-state index contributed by atoms with van der Waals surface area (Å²) in [7, 11) is -3.40. The van der Waals surface area contributed by atoms with Crippen molar-refractivity contribution in [1.82, 2.24) is 0 Å². The minimum Gasteiger partial charge on any atom is -0.323 e. The van der Waals surface area contributed by atoms with Crippen molar-refractivity contribution in [2.75, 3.05) is 16.3 Å². The first-order chi connectivity index (χ1) is 10.9. The smallest absolute Gasteiger partial charge is 0.238 e. The molecule has 23 heavy (non-hydrogen) atoms. The fraction of sp³-hybridized carbons (Fsp3) is 0.188. The lowest BCUT2D eigenvalue weighted by molar-refractivity contribution is -0.115. The number of anilines is 2. The fourth-order valence-electron chi connectivity index (χ4n) is 2.42. The first kappa shape index (κ1) is 15.9. The Hall–Kier alpha value is -1.99. The molecule has 2 aromatic rings. The topological polar surface area (TPSA) is 75.3 Å². The Kier molecular flexibility index (Phi) is 4.32. The normalized spacial score (nSPS) is 16.7. The van der Waals surface area contributed by atoms with E-state index in [2.05, 4.69) is 10.0 Å². The second kappa shape index (κ2) is 6.25. The lowest BCUT2D eigenvalue weighted by Gasteiger charge is -2.14. The highest BCUT2D eigenvalue weighted by atomic mass is 32.2. The highest BCUT2D eigenvalue weighted by Crippen LogP contribution is 2.37. The van der Waals surface area contributed by atoms with E-state index in [0.717, 1.165) is 11.2 Å². The van der Waals surface area contributed by atoms with Crippen LogP contribution in [-0.4, -0.2) is 25.8 Å². The van der Waals surface area contributed by atoms with Gasteiger partial charge in [-0.25, -0.2) is 8.42 Å². The molecular formula is C16H16N2O3S2. The molecular weight excluding hydrogens is 332 g/mol. The molecule has 7 heteroatoms. The van der Waals surface area contributed by atoms with Gasteiger partial charge in [-0.2, -0.15) is 0 Å². The van der Waals surface area contributed by atoms with Crippen molar-refractivity contribution in [3.63, 3.8) is 0 Å². The third kappa shape index (κ3) is 3.86. The molecule has 1 amide bonds. The van der Waals surface area contributed by atoms with Crippen LogP contribution in [-0.2, 0) is 21.2 Å². The van der Waals surface area contributed by atoms with Gasteiger partial charge < -0.3 is 5.32 Å². The molecule has 1 unspecified atom stereocenters. The zero-order valence-corrected chi connectivity index (χ0v) is 14.1. The summed E-state index contributed by atoms with van der Waals surface area (Å²) in [5, 5.41) is 2.61. The first-order valence-electron chi connectivity index (χ1n) is 7.04. The van der Waals surface area contributed by atoms with Crippen LogP contribution >= 0.6 is 11.8 Å². The van der Waals surface area contributed by atoms with Gasteiger partial charge in [0.05, 0.1) is 22.9 Å². The third-order valence-electron chi connectivity index (χ3n) is 3.42. The van der Waals surface area contributed by atoms with Crippen LogP contribution in [0.25, 0.3) is 0 Å². The summed E-state index contributed by atoms with van der Waals surface area (Å²) in [5.41, 5.74) is 1.99. The van der Waals surface area contributed by atoms with Gasteiger partial charge in [0.2, 0.25) is 15.9 Å². The lowest BCUT2D eigenvalue weighted by atomic mass is 10.1. The lowest BCUT2D eigenvalue weighted by Crippen LogP contribution is -2.25. The Morgan fingerprint density at radius 3 is 2.43 bits per heavy atom. The molecule has 0 aliphatic carbocycles. The molecule has 0 fully saturated rings. The number of para-hydroxylation sites is 2. The summed E-state index contributed by atoms with van der Waals surface area (Å²) in [4.78, 5) is 13.6. The second-order valence-corrected chi connectivity index (χ2v) is 8.32. The average molecular weight is 348 g/mol. The predicted octanol–water partition coefficient (Wildman–Crippen LogP) is 2.71. The molecule has 2 N–H and O–H groups in total. The van der Waals surface area contributed by atoms with E-state index in [-0.39, 0.29) is 11.2 Å². The van der Waals surface area contributed by atoms with Crippen LogP contribution in [0.4, 0.5) is 11.4 Å². The van der Waals surface area contributed by atoms with Gasteiger partial charge in [0.1, 0.15) is 0 Å². The highest BCUT2D eigenvalue weighted by molar-refractivity contribution is 8.01. The number of benzene rings is 2. The molecule has 0 bridgehead atoms. The summed E-state index contributed by atoms with van der Waals surface area (Å²) >= 11 is 1.53. The van der Waals surface area contributed by atoms with Crippen LogP contribution in [0.15, 0.2) is 53.4 Å². The van der Waals surface area contributed by atoms with Gasteiger partial charge in [-0.15, -0.1) is 11.8 Å². The maximum absolute atomic E-state index is 12.5. The Morgan fingerprint density at radius 1 is 1.09 bits per heavy atom. The molecule has 1 atom stereocenters. The number of carbonyl (C=O) groups is 1. The molecule has 2 aromatic carbocycles. The van der Waals surface area contributed by atoms with Crippen LogP contribution in [0.3, 0.4) is 0 Å². The zero-order valence-electron chi connectivity index (χ0n) is 12.4. The largest absolute Gasteiger partial charge is 0.323 e. The number of fused-ring (bicyclic) bond motifs is 1. The highest BCUT2D eigenvalue weighted by Gasteiger charge is 2.28. The summed E-state index contributed by atoms with van der Waals surface area (Å²) in [5.74, 6) is -0.131. The van der Waals surface area contributed by atoms with Crippen molar-refractivity contribution in [1.29, 1.82) is 0 Å². The Morgan fingerprint density at radius 2 is 1.74 bits per heavy atom. The third-order valence-corrected chi connectivity index (χ3v) is 5.33. The molecule has 0 radical (unpaired) electrons. The maximum atomic E-state index is 12.5. The number of hydrogen-bond donors (Lipinski definition) is 2. The quantitative estimate of drug-likeness (QED) is 0.891. The molecule has 1 heterocycles. The van der Waals surface area contributed by atoms with Crippen molar-refractivity contribution in [3.05, 3.63) is 54.1 Å². The number of amides is 1. The molecule has 1 aliphatic heterocycles. The summed E-state index contributed by atoms with van der Waals surface area (Å²) < 4.78 is 25.2. The minimum absolute atomic E-state index is 0.131. The van der Waals surface area contributed by atoms with Crippen LogP contribution < -0.4 is 10.0 Å². The molecule has 3 rings (SSSR count). The zero-order chi connectivity index (χ0) is 16.4. The van der Waals surface area contributed by atoms with E-state index in [1.165, 1.54) is 17.3 Å². The molecule has 0 spiro atoms. The molecule has 120 valence electrons. The van der Waals surface area contributed by atoms with Gasteiger partial charge in [0.25, 0.3) is 0 Å². The van der Waals surface area contributed by atoms with Crippen LogP contribution in [0.1, 0.15) is 5.56 Å². The average Bonchev–Trinajstić information content (AvgIpc) is 2.92. The number of sulfonamides is 1. The van der Waals surface area contributed by atoms with E-state index < -0.39 is 10.0 Å². The van der Waals surface area contributed by atoms with E-state index in [1.54, 1.807) is 24.3 Å². The van der Waals surface area contributed by atoms with Gasteiger partial charge >= 0.3 is 0 Å². The molecule has 1 aliphatic rings. The van der Waals surface area contributed by atoms with Crippen molar-refractivity contribution in [3.8, 4) is 0 Å². The predicted molar refractivity (Wildman–Crippen MR) is 93.3 cm³/mol.